The van der Waals surface area contributed by atoms with E-state index in [2.05, 4.69) is 17.4 Å². The maximum Gasteiger partial charge on any atom is 0.222 e. The number of aromatic nitrogens is 1. The fourth-order valence-electron chi connectivity index (χ4n) is 4.53. The van der Waals surface area contributed by atoms with Crippen molar-refractivity contribution in [1.29, 1.82) is 0 Å². The lowest BCUT2D eigenvalue weighted by atomic mass is 9.87. The first kappa shape index (κ1) is 21.0. The number of Topliss-reactive ketones (excluding diaryl/α,β-unsaturated/α-hetero) is 1. The van der Waals surface area contributed by atoms with Crippen LogP contribution in [0.5, 0.6) is 0 Å². The number of amides is 1. The van der Waals surface area contributed by atoms with Gasteiger partial charge in [0.2, 0.25) is 5.91 Å². The van der Waals surface area contributed by atoms with Crippen molar-refractivity contribution in [3.63, 3.8) is 0 Å². The van der Waals surface area contributed by atoms with Gasteiger partial charge in [0.15, 0.2) is 5.78 Å². The van der Waals surface area contributed by atoms with Crippen LogP contribution in [0.1, 0.15) is 59.4 Å². The van der Waals surface area contributed by atoms with Crippen molar-refractivity contribution in [2.24, 2.45) is 0 Å². The first-order chi connectivity index (χ1) is 14.9. The zero-order chi connectivity index (χ0) is 22.0. The zero-order valence-electron chi connectivity index (χ0n) is 18.0. The van der Waals surface area contributed by atoms with Crippen LogP contribution in [-0.2, 0) is 17.8 Å². The highest BCUT2D eigenvalue weighted by Crippen LogP contribution is 2.30. The summed E-state index contributed by atoms with van der Waals surface area (Å²) in [6.07, 6.45) is 3.37. The predicted octanol–water partition coefficient (Wildman–Crippen LogP) is 5.39. The smallest absolute Gasteiger partial charge is 0.222 e. The number of ketones is 1. The molecule has 1 aromatic heterocycles. The Kier molecular flexibility index (Phi) is 6.03. The molecule has 0 saturated carbocycles. The van der Waals surface area contributed by atoms with E-state index in [4.69, 9.17) is 0 Å². The fraction of sp³-hybridized carbons (Fsp3) is 0.308. The molecule has 1 heterocycles. The normalized spacial score (nSPS) is 15.4. The minimum absolute atomic E-state index is 0.00997. The van der Waals surface area contributed by atoms with Crippen molar-refractivity contribution >= 4 is 11.7 Å². The summed E-state index contributed by atoms with van der Waals surface area (Å²) in [4.78, 5) is 24.9. The molecule has 160 valence electrons. The lowest BCUT2D eigenvalue weighted by molar-refractivity contribution is -0.122. The Morgan fingerprint density at radius 2 is 1.87 bits per heavy atom. The van der Waals surface area contributed by atoms with Gasteiger partial charge in [0.05, 0.1) is 6.04 Å². The van der Waals surface area contributed by atoms with Gasteiger partial charge in [-0.05, 0) is 80.1 Å². The summed E-state index contributed by atoms with van der Waals surface area (Å²) in [5, 5.41) is 3.19. The molecule has 1 unspecified atom stereocenters. The Labute approximate surface area is 182 Å². The van der Waals surface area contributed by atoms with Crippen LogP contribution < -0.4 is 5.32 Å². The Bertz CT molecular complexity index is 1110. The summed E-state index contributed by atoms with van der Waals surface area (Å²) in [5.41, 5.74) is 5.61. The topological polar surface area (TPSA) is 51.1 Å². The highest BCUT2D eigenvalue weighted by molar-refractivity contribution is 5.96. The number of aryl methyl sites for hydroxylation is 1. The Balaban J connectivity index is 1.52. The third kappa shape index (κ3) is 4.46. The van der Waals surface area contributed by atoms with Crippen LogP contribution in [-0.4, -0.2) is 16.3 Å². The number of nitrogens with one attached hydrogen (secondary N) is 1. The summed E-state index contributed by atoms with van der Waals surface area (Å²) < 4.78 is 15.4. The lowest BCUT2D eigenvalue weighted by Crippen LogP contribution is -2.31. The maximum atomic E-state index is 13.4. The van der Waals surface area contributed by atoms with E-state index in [1.165, 1.54) is 30.2 Å². The Morgan fingerprint density at radius 1 is 1.13 bits per heavy atom. The minimum Gasteiger partial charge on any atom is -0.349 e. The summed E-state index contributed by atoms with van der Waals surface area (Å²) in [6.45, 7) is 3.87. The van der Waals surface area contributed by atoms with Gasteiger partial charge in [-0.3, -0.25) is 9.59 Å². The second-order valence-electron chi connectivity index (χ2n) is 8.20. The average Bonchev–Trinajstić information content (AvgIpc) is 3.09. The molecule has 2 aromatic carbocycles. The van der Waals surface area contributed by atoms with E-state index in [0.29, 0.717) is 18.5 Å². The number of carbonyl (C=O) groups is 2. The summed E-state index contributed by atoms with van der Waals surface area (Å²) >= 11 is 0. The molecule has 0 saturated heterocycles. The molecule has 1 N–H and O–H groups in total. The summed E-state index contributed by atoms with van der Waals surface area (Å²) in [7, 11) is 0. The summed E-state index contributed by atoms with van der Waals surface area (Å²) in [5.74, 6) is -0.343. The number of carbonyl (C=O) groups excluding carboxylic acids is 2. The minimum atomic E-state index is -0.308. The van der Waals surface area contributed by atoms with Crippen LogP contribution in [0, 0.1) is 12.7 Å². The number of hydrogen-bond acceptors (Lipinski definition) is 2. The zero-order valence-corrected chi connectivity index (χ0v) is 18.0. The van der Waals surface area contributed by atoms with Crippen molar-refractivity contribution in [2.45, 2.75) is 52.1 Å². The number of halogens is 1. The molecular formula is C26H27FN2O2. The van der Waals surface area contributed by atoms with Gasteiger partial charge in [0.25, 0.3) is 0 Å². The van der Waals surface area contributed by atoms with E-state index >= 15 is 0 Å². The molecule has 1 aliphatic carbocycles. The molecule has 5 heteroatoms. The lowest BCUT2D eigenvalue weighted by Gasteiger charge is -2.26. The van der Waals surface area contributed by atoms with Crippen LogP contribution in [0.15, 0.2) is 54.6 Å². The second kappa shape index (κ2) is 8.88. The van der Waals surface area contributed by atoms with Gasteiger partial charge < -0.3 is 9.88 Å². The number of benzene rings is 2. The van der Waals surface area contributed by atoms with Crippen molar-refractivity contribution in [1.82, 2.24) is 9.88 Å². The molecule has 1 amide bonds. The average molecular weight is 419 g/mol. The van der Waals surface area contributed by atoms with E-state index in [0.717, 1.165) is 36.2 Å². The summed E-state index contributed by atoms with van der Waals surface area (Å²) in [6, 6.07) is 16.4. The number of hydrogen-bond donors (Lipinski definition) is 1. The molecule has 4 rings (SSSR count). The van der Waals surface area contributed by atoms with E-state index in [-0.39, 0.29) is 23.5 Å². The molecule has 0 fully saturated rings. The van der Waals surface area contributed by atoms with Crippen LogP contribution in [0.3, 0.4) is 0 Å². The largest absolute Gasteiger partial charge is 0.349 e. The first-order valence-corrected chi connectivity index (χ1v) is 10.8. The van der Waals surface area contributed by atoms with Crippen LogP contribution in [0.25, 0.3) is 11.3 Å². The first-order valence-electron chi connectivity index (χ1n) is 10.8. The van der Waals surface area contributed by atoms with Crippen molar-refractivity contribution in [3.05, 3.63) is 82.8 Å². The molecule has 0 radical (unpaired) electrons. The van der Waals surface area contributed by atoms with Gasteiger partial charge in [-0.25, -0.2) is 4.39 Å². The second-order valence-corrected chi connectivity index (χ2v) is 8.20. The van der Waals surface area contributed by atoms with Gasteiger partial charge in [0.1, 0.15) is 5.82 Å². The van der Waals surface area contributed by atoms with E-state index in [1.54, 1.807) is 12.1 Å². The standard InChI is InChI=1S/C26H27FN2O2/c1-17-23(18(2)30)16-25(20-10-12-21(27)13-11-20)29(17)15-14-26(31)28-24-9-5-7-19-6-3-4-8-22(19)24/h3-4,6,8,10-13,16,24H,5,7,9,14-15H2,1-2H3,(H,28,31). The van der Waals surface area contributed by atoms with E-state index in [9.17, 15) is 14.0 Å². The van der Waals surface area contributed by atoms with Crippen molar-refractivity contribution in [2.75, 3.05) is 0 Å². The van der Waals surface area contributed by atoms with Crippen LogP contribution in [0.4, 0.5) is 4.39 Å². The van der Waals surface area contributed by atoms with Crippen LogP contribution >= 0.6 is 0 Å². The molecule has 1 aliphatic rings. The highest BCUT2D eigenvalue weighted by Gasteiger charge is 2.22. The van der Waals surface area contributed by atoms with Crippen molar-refractivity contribution < 1.29 is 14.0 Å². The molecule has 1 atom stereocenters. The van der Waals surface area contributed by atoms with Gasteiger partial charge in [-0.2, -0.15) is 0 Å². The third-order valence-corrected chi connectivity index (χ3v) is 6.15. The predicted molar refractivity (Wildman–Crippen MR) is 119 cm³/mol. The highest BCUT2D eigenvalue weighted by atomic mass is 19.1. The maximum absolute atomic E-state index is 13.4. The molecule has 0 bridgehead atoms. The molecule has 0 aliphatic heterocycles. The van der Waals surface area contributed by atoms with Gasteiger partial charge in [0, 0.05) is 29.9 Å². The molecule has 0 spiro atoms. The SMILES string of the molecule is CC(=O)c1cc(-c2ccc(F)cc2)n(CCC(=O)NC2CCCc3ccccc32)c1C. The Hall–Kier alpha value is -3.21. The van der Waals surface area contributed by atoms with Crippen LogP contribution in [0.2, 0.25) is 0 Å². The number of rotatable bonds is 6. The molecule has 31 heavy (non-hydrogen) atoms. The van der Waals surface area contributed by atoms with Gasteiger partial charge in [-0.15, -0.1) is 0 Å². The van der Waals surface area contributed by atoms with Gasteiger partial charge >= 0.3 is 0 Å². The monoisotopic (exact) mass is 418 g/mol. The third-order valence-electron chi connectivity index (χ3n) is 6.15. The van der Waals surface area contributed by atoms with E-state index < -0.39 is 0 Å². The Morgan fingerprint density at radius 3 is 2.61 bits per heavy atom. The molecule has 4 nitrogen and oxygen atoms in total. The van der Waals surface area contributed by atoms with Crippen molar-refractivity contribution in [3.8, 4) is 11.3 Å². The quantitative estimate of drug-likeness (QED) is 0.546. The molecular weight excluding hydrogens is 391 g/mol. The molecule has 3 aromatic rings. The number of nitrogens with zero attached hydrogens (tertiary/aromatic N) is 1. The van der Waals surface area contributed by atoms with Gasteiger partial charge in [-0.1, -0.05) is 24.3 Å². The fourth-order valence-corrected chi connectivity index (χ4v) is 4.53. The number of fused-ring (bicyclic) bond motifs is 1. The van der Waals surface area contributed by atoms with E-state index in [1.807, 2.05) is 29.7 Å².